The van der Waals surface area contributed by atoms with E-state index in [1.54, 1.807) is 18.9 Å². The van der Waals surface area contributed by atoms with E-state index in [0.717, 1.165) is 47.7 Å². The minimum atomic E-state index is -0.111. The summed E-state index contributed by atoms with van der Waals surface area (Å²) in [5.41, 5.74) is 2.94. The molecule has 2 unspecified atom stereocenters. The van der Waals surface area contributed by atoms with Crippen LogP contribution in [0.25, 0.3) is 0 Å². The number of methoxy groups -OCH3 is 2. The minimum Gasteiger partial charge on any atom is -0.497 e. The molecule has 0 saturated carbocycles. The fraction of sp³-hybridized carbons (Fsp3) is 0.500. The molecule has 1 saturated heterocycles. The molecule has 146 valence electrons. The maximum atomic E-state index is 13.0. The van der Waals surface area contributed by atoms with E-state index in [1.165, 1.54) is 0 Å². The normalized spacial score (nSPS) is 17.7. The molecule has 0 bridgehead atoms. The Balaban J connectivity index is 1.80. The quantitative estimate of drug-likeness (QED) is 0.874. The van der Waals surface area contributed by atoms with Gasteiger partial charge < -0.3 is 19.7 Å². The average molecular weight is 372 g/mol. The summed E-state index contributed by atoms with van der Waals surface area (Å²) < 4.78 is 12.7. The third-order valence-electron chi connectivity index (χ3n) is 5.17. The third kappa shape index (κ3) is 3.86. The molecule has 1 aromatic heterocycles. The van der Waals surface area contributed by atoms with Crippen LogP contribution in [-0.2, 0) is 7.05 Å². The average Bonchev–Trinajstić information content (AvgIpc) is 3.27. The van der Waals surface area contributed by atoms with Crippen molar-refractivity contribution in [1.29, 1.82) is 0 Å². The van der Waals surface area contributed by atoms with Gasteiger partial charge in [0.15, 0.2) is 0 Å². The molecule has 2 heterocycles. The molecule has 1 aliphatic rings. The molecule has 1 aliphatic heterocycles. The molecule has 0 radical (unpaired) electrons. The van der Waals surface area contributed by atoms with Crippen molar-refractivity contribution in [2.45, 2.75) is 38.8 Å². The Labute approximate surface area is 160 Å². The van der Waals surface area contributed by atoms with Crippen molar-refractivity contribution in [3.05, 3.63) is 41.2 Å². The van der Waals surface area contributed by atoms with Crippen LogP contribution in [0.2, 0.25) is 0 Å². The van der Waals surface area contributed by atoms with E-state index in [-0.39, 0.29) is 18.1 Å². The van der Waals surface area contributed by atoms with E-state index in [2.05, 4.69) is 10.4 Å². The van der Waals surface area contributed by atoms with Crippen LogP contribution in [0.3, 0.4) is 0 Å². The fourth-order valence-corrected chi connectivity index (χ4v) is 3.82. The molecule has 3 rings (SSSR count). The number of nitrogens with one attached hydrogen (secondary N) is 1. The van der Waals surface area contributed by atoms with Crippen LogP contribution < -0.4 is 14.8 Å². The molecular formula is C20H28N4O3. The molecule has 0 aliphatic carbocycles. The fourth-order valence-electron chi connectivity index (χ4n) is 3.82. The maximum Gasteiger partial charge on any atom is 0.318 e. The van der Waals surface area contributed by atoms with E-state index in [1.807, 2.05) is 50.2 Å². The third-order valence-corrected chi connectivity index (χ3v) is 5.17. The van der Waals surface area contributed by atoms with Crippen LogP contribution in [0.1, 0.15) is 48.7 Å². The zero-order valence-electron chi connectivity index (χ0n) is 16.7. The highest BCUT2D eigenvalue weighted by Crippen LogP contribution is 2.39. The van der Waals surface area contributed by atoms with Crippen molar-refractivity contribution in [2.24, 2.45) is 7.05 Å². The van der Waals surface area contributed by atoms with Crippen molar-refractivity contribution in [3.8, 4) is 11.5 Å². The first-order chi connectivity index (χ1) is 12.9. The Morgan fingerprint density at radius 1 is 1.33 bits per heavy atom. The molecule has 2 atom stereocenters. The number of hydrogen-bond acceptors (Lipinski definition) is 4. The second kappa shape index (κ2) is 7.90. The van der Waals surface area contributed by atoms with Crippen LogP contribution in [-0.4, -0.2) is 41.5 Å². The van der Waals surface area contributed by atoms with Crippen molar-refractivity contribution >= 4 is 6.03 Å². The van der Waals surface area contributed by atoms with Crippen molar-refractivity contribution in [1.82, 2.24) is 20.0 Å². The van der Waals surface area contributed by atoms with Crippen LogP contribution in [0.15, 0.2) is 24.4 Å². The number of carbonyl (C=O) groups is 1. The largest absolute Gasteiger partial charge is 0.497 e. The molecule has 1 fully saturated rings. The summed E-state index contributed by atoms with van der Waals surface area (Å²) in [7, 11) is 5.18. The molecule has 1 N–H and O–H groups in total. The van der Waals surface area contributed by atoms with Crippen LogP contribution in [0.4, 0.5) is 4.79 Å². The van der Waals surface area contributed by atoms with Gasteiger partial charge in [-0.3, -0.25) is 4.68 Å². The predicted molar refractivity (Wildman–Crippen MR) is 103 cm³/mol. The predicted octanol–water partition coefficient (Wildman–Crippen LogP) is 3.35. The summed E-state index contributed by atoms with van der Waals surface area (Å²) in [6, 6.07) is 5.51. The number of nitrogens with zero attached hydrogens (tertiary/aromatic N) is 3. The number of aryl methyl sites for hydroxylation is 2. The Hall–Kier alpha value is -2.70. The number of ether oxygens (including phenoxy) is 2. The van der Waals surface area contributed by atoms with Crippen LogP contribution >= 0.6 is 0 Å². The van der Waals surface area contributed by atoms with Gasteiger partial charge in [-0.2, -0.15) is 5.10 Å². The number of hydrogen-bond donors (Lipinski definition) is 1. The summed E-state index contributed by atoms with van der Waals surface area (Å²) in [6.45, 7) is 4.66. The lowest BCUT2D eigenvalue weighted by atomic mass is 10.0. The first-order valence-electron chi connectivity index (χ1n) is 9.23. The first kappa shape index (κ1) is 19.1. The Bertz CT molecular complexity index is 818. The number of rotatable bonds is 5. The summed E-state index contributed by atoms with van der Waals surface area (Å²) in [5.74, 6) is 1.54. The van der Waals surface area contributed by atoms with E-state index in [0.29, 0.717) is 0 Å². The van der Waals surface area contributed by atoms with E-state index in [4.69, 9.17) is 9.47 Å². The van der Waals surface area contributed by atoms with Gasteiger partial charge in [-0.1, -0.05) is 0 Å². The van der Waals surface area contributed by atoms with Gasteiger partial charge in [0.2, 0.25) is 0 Å². The monoisotopic (exact) mass is 372 g/mol. The van der Waals surface area contributed by atoms with Gasteiger partial charge in [0.25, 0.3) is 0 Å². The van der Waals surface area contributed by atoms with Crippen molar-refractivity contribution < 1.29 is 14.3 Å². The van der Waals surface area contributed by atoms with Gasteiger partial charge in [-0.25, -0.2) is 4.79 Å². The molecule has 2 aromatic rings. The van der Waals surface area contributed by atoms with Crippen LogP contribution in [0.5, 0.6) is 11.5 Å². The van der Waals surface area contributed by atoms with Crippen molar-refractivity contribution in [3.63, 3.8) is 0 Å². The Morgan fingerprint density at radius 2 is 2.11 bits per heavy atom. The SMILES string of the molecule is COc1ccc(OC)c(C2CCCN2C(=O)NC(C)c2cn(C)nc2C)c1. The second-order valence-corrected chi connectivity index (χ2v) is 6.97. The molecular weight excluding hydrogens is 344 g/mol. The van der Waals surface area contributed by atoms with E-state index < -0.39 is 0 Å². The molecule has 7 heteroatoms. The van der Waals surface area contributed by atoms with Gasteiger partial charge in [0.1, 0.15) is 11.5 Å². The maximum absolute atomic E-state index is 13.0. The zero-order valence-corrected chi connectivity index (χ0v) is 16.7. The van der Waals surface area contributed by atoms with Gasteiger partial charge >= 0.3 is 6.03 Å². The smallest absolute Gasteiger partial charge is 0.318 e. The summed E-state index contributed by atoms with van der Waals surface area (Å²) in [4.78, 5) is 14.9. The standard InChI is InChI=1S/C20H28N4O3/c1-13(17-12-23(3)22-14(17)2)21-20(25)24-10-6-7-18(24)16-11-15(26-4)8-9-19(16)27-5/h8-9,11-13,18H,6-7,10H2,1-5H3,(H,21,25). The lowest BCUT2D eigenvalue weighted by Gasteiger charge is -2.28. The molecule has 7 nitrogen and oxygen atoms in total. The minimum absolute atomic E-state index is 0.0303. The molecule has 1 aromatic carbocycles. The van der Waals surface area contributed by atoms with Gasteiger partial charge in [-0.15, -0.1) is 0 Å². The van der Waals surface area contributed by atoms with E-state index >= 15 is 0 Å². The Kier molecular flexibility index (Phi) is 5.58. The van der Waals surface area contributed by atoms with Crippen LogP contribution in [0, 0.1) is 6.92 Å². The summed E-state index contributed by atoms with van der Waals surface area (Å²) >= 11 is 0. The van der Waals surface area contributed by atoms with Crippen molar-refractivity contribution in [2.75, 3.05) is 20.8 Å². The van der Waals surface area contributed by atoms with Gasteiger partial charge in [0.05, 0.1) is 32.0 Å². The number of amides is 2. The first-order valence-corrected chi connectivity index (χ1v) is 9.23. The number of aromatic nitrogens is 2. The number of urea groups is 1. The van der Waals surface area contributed by atoms with E-state index in [9.17, 15) is 4.79 Å². The number of likely N-dealkylation sites (tertiary alicyclic amines) is 1. The summed E-state index contributed by atoms with van der Waals surface area (Å²) in [6.07, 6.45) is 3.81. The molecule has 27 heavy (non-hydrogen) atoms. The highest BCUT2D eigenvalue weighted by molar-refractivity contribution is 5.76. The highest BCUT2D eigenvalue weighted by atomic mass is 16.5. The Morgan fingerprint density at radius 3 is 2.74 bits per heavy atom. The number of benzene rings is 1. The lowest BCUT2D eigenvalue weighted by Crippen LogP contribution is -2.40. The topological polar surface area (TPSA) is 68.6 Å². The molecule has 2 amide bonds. The lowest BCUT2D eigenvalue weighted by molar-refractivity contribution is 0.188. The number of carbonyl (C=O) groups excluding carboxylic acids is 1. The molecule has 0 spiro atoms. The van der Waals surface area contributed by atoms with Gasteiger partial charge in [-0.05, 0) is 44.9 Å². The van der Waals surface area contributed by atoms with Gasteiger partial charge in [0, 0.05) is 30.9 Å². The zero-order chi connectivity index (χ0) is 19.6. The highest BCUT2D eigenvalue weighted by Gasteiger charge is 2.33. The second-order valence-electron chi connectivity index (χ2n) is 6.97. The summed E-state index contributed by atoms with van der Waals surface area (Å²) in [5, 5.41) is 7.48.